The van der Waals surface area contributed by atoms with Crippen LogP contribution in [0.2, 0.25) is 0 Å². The molecule has 0 bridgehead atoms. The Labute approximate surface area is 232 Å². The molecule has 8 rings (SSSR count). The van der Waals surface area contributed by atoms with E-state index in [0.29, 0.717) is 0 Å². The molecule has 0 N–H and O–H groups in total. The van der Waals surface area contributed by atoms with Gasteiger partial charge in [-0.25, -0.2) is 9.97 Å². The molecule has 0 aliphatic carbocycles. The van der Waals surface area contributed by atoms with Crippen LogP contribution >= 0.6 is 22.7 Å². The molecule has 0 atom stereocenters. The highest BCUT2D eigenvalue weighted by molar-refractivity contribution is 7.21. The Morgan fingerprint density at radius 1 is 0.641 bits per heavy atom. The first-order valence-electron chi connectivity index (χ1n) is 12.7. The van der Waals surface area contributed by atoms with E-state index in [1.165, 1.54) is 15.5 Å². The smallest absolute Gasteiger partial charge is 0.125 e. The summed E-state index contributed by atoms with van der Waals surface area (Å²) in [5.41, 5.74) is 8.70. The van der Waals surface area contributed by atoms with Gasteiger partial charge in [-0.3, -0.25) is 4.98 Å². The van der Waals surface area contributed by atoms with Gasteiger partial charge in [-0.05, 0) is 48.5 Å². The standard InChI is InChI=1S/C33H20N4S2/c1-2-13-30-28(12-1)36-32(39-30)22-14-15-24-25-9-6-10-26(33-35-17-18-38-33)31(25)37(29(24)20-22)23-8-5-7-21(19-23)27-11-3-4-16-34-27/h1-20H. The maximum atomic E-state index is 4.95. The van der Waals surface area contributed by atoms with E-state index in [9.17, 15) is 0 Å². The van der Waals surface area contributed by atoms with Gasteiger partial charge in [0, 0.05) is 50.9 Å². The highest BCUT2D eigenvalue weighted by Gasteiger charge is 2.19. The highest BCUT2D eigenvalue weighted by atomic mass is 32.1. The number of pyridine rings is 1. The maximum Gasteiger partial charge on any atom is 0.125 e. The van der Waals surface area contributed by atoms with Crippen molar-refractivity contribution in [1.82, 2.24) is 19.5 Å². The molecule has 0 aliphatic rings. The summed E-state index contributed by atoms with van der Waals surface area (Å²) < 4.78 is 3.58. The number of rotatable bonds is 4. The van der Waals surface area contributed by atoms with Crippen molar-refractivity contribution < 1.29 is 0 Å². The molecule has 0 amide bonds. The fraction of sp³-hybridized carbons (Fsp3) is 0. The minimum absolute atomic E-state index is 0.954. The number of fused-ring (bicyclic) bond motifs is 4. The number of para-hydroxylation sites is 2. The lowest BCUT2D eigenvalue weighted by Gasteiger charge is -2.12. The number of thiazole rings is 2. The van der Waals surface area contributed by atoms with Crippen molar-refractivity contribution in [3.05, 3.63) is 121 Å². The third-order valence-corrected chi connectivity index (χ3v) is 8.95. The summed E-state index contributed by atoms with van der Waals surface area (Å²) in [7, 11) is 0. The zero-order valence-corrected chi connectivity index (χ0v) is 22.3. The summed E-state index contributed by atoms with van der Waals surface area (Å²) in [6.45, 7) is 0. The molecule has 0 radical (unpaired) electrons. The fourth-order valence-corrected chi connectivity index (χ4v) is 6.96. The summed E-state index contributed by atoms with van der Waals surface area (Å²) in [5.74, 6) is 0. The Morgan fingerprint density at radius 2 is 1.56 bits per heavy atom. The molecule has 39 heavy (non-hydrogen) atoms. The minimum atomic E-state index is 0.954. The summed E-state index contributed by atoms with van der Waals surface area (Å²) in [6.07, 6.45) is 3.71. The molecule has 0 saturated carbocycles. The summed E-state index contributed by atoms with van der Waals surface area (Å²) in [4.78, 5) is 14.2. The summed E-state index contributed by atoms with van der Waals surface area (Å²) in [6, 6.07) is 36.2. The van der Waals surface area contributed by atoms with Crippen LogP contribution in [0, 0.1) is 0 Å². The van der Waals surface area contributed by atoms with Gasteiger partial charge in [0.25, 0.3) is 0 Å². The van der Waals surface area contributed by atoms with E-state index in [2.05, 4.69) is 99.5 Å². The van der Waals surface area contributed by atoms with Crippen molar-refractivity contribution in [1.29, 1.82) is 0 Å². The number of hydrogen-bond donors (Lipinski definition) is 0. The van der Waals surface area contributed by atoms with Gasteiger partial charge in [0.15, 0.2) is 0 Å². The Hall–Kier alpha value is -4.65. The van der Waals surface area contributed by atoms with Gasteiger partial charge >= 0.3 is 0 Å². The molecule has 4 aromatic carbocycles. The quantitative estimate of drug-likeness (QED) is 0.225. The van der Waals surface area contributed by atoms with E-state index in [4.69, 9.17) is 4.98 Å². The molecule has 0 saturated heterocycles. The normalized spacial score (nSPS) is 11.6. The molecule has 0 unspecified atom stereocenters. The lowest BCUT2D eigenvalue weighted by atomic mass is 10.1. The second kappa shape index (κ2) is 8.98. The second-order valence-electron chi connectivity index (χ2n) is 9.36. The third kappa shape index (κ3) is 3.68. The van der Waals surface area contributed by atoms with Crippen LogP contribution < -0.4 is 0 Å². The van der Waals surface area contributed by atoms with E-state index in [1.54, 1.807) is 22.7 Å². The van der Waals surface area contributed by atoms with Crippen LogP contribution in [0.3, 0.4) is 0 Å². The summed E-state index contributed by atoms with van der Waals surface area (Å²) >= 11 is 3.40. The predicted octanol–water partition coefficient (Wildman–Crippen LogP) is 9.25. The van der Waals surface area contributed by atoms with Gasteiger partial charge in [0.05, 0.1) is 26.9 Å². The first kappa shape index (κ1) is 22.3. The average molecular weight is 537 g/mol. The molecule has 0 fully saturated rings. The zero-order chi connectivity index (χ0) is 25.8. The van der Waals surface area contributed by atoms with Crippen molar-refractivity contribution in [2.24, 2.45) is 0 Å². The van der Waals surface area contributed by atoms with E-state index in [0.717, 1.165) is 54.6 Å². The van der Waals surface area contributed by atoms with Crippen LogP contribution in [-0.4, -0.2) is 19.5 Å². The highest BCUT2D eigenvalue weighted by Crippen LogP contribution is 2.41. The van der Waals surface area contributed by atoms with E-state index in [-0.39, 0.29) is 0 Å². The fourth-order valence-electron chi connectivity index (χ4n) is 5.33. The molecule has 0 aliphatic heterocycles. The van der Waals surface area contributed by atoms with Crippen LogP contribution in [0.25, 0.3) is 70.1 Å². The molecule has 6 heteroatoms. The largest absolute Gasteiger partial charge is 0.308 e. The van der Waals surface area contributed by atoms with Crippen LogP contribution in [0.15, 0.2) is 121 Å². The molecule has 4 heterocycles. The molecule has 8 aromatic rings. The van der Waals surface area contributed by atoms with Crippen molar-refractivity contribution >= 4 is 54.7 Å². The van der Waals surface area contributed by atoms with E-state index in [1.807, 2.05) is 36.0 Å². The summed E-state index contributed by atoms with van der Waals surface area (Å²) in [5, 5.41) is 6.48. The predicted molar refractivity (Wildman–Crippen MR) is 164 cm³/mol. The van der Waals surface area contributed by atoms with E-state index >= 15 is 0 Å². The first-order chi connectivity index (χ1) is 19.3. The number of aromatic nitrogens is 4. The third-order valence-electron chi connectivity index (χ3n) is 7.06. The Bertz CT molecular complexity index is 2090. The first-order valence-corrected chi connectivity index (χ1v) is 14.4. The lowest BCUT2D eigenvalue weighted by molar-refractivity contribution is 1.18. The van der Waals surface area contributed by atoms with Gasteiger partial charge in [-0.2, -0.15) is 0 Å². The molecule has 0 spiro atoms. The van der Waals surface area contributed by atoms with Gasteiger partial charge in [0.1, 0.15) is 10.0 Å². The Balaban J connectivity index is 1.44. The van der Waals surface area contributed by atoms with Crippen molar-refractivity contribution in [3.63, 3.8) is 0 Å². The Morgan fingerprint density at radius 3 is 2.44 bits per heavy atom. The molecular formula is C33H20N4S2. The Kier molecular flexibility index (Phi) is 5.14. The van der Waals surface area contributed by atoms with Gasteiger partial charge in [-0.1, -0.05) is 54.6 Å². The molecule has 184 valence electrons. The van der Waals surface area contributed by atoms with Crippen molar-refractivity contribution in [2.75, 3.05) is 0 Å². The van der Waals surface area contributed by atoms with Gasteiger partial charge < -0.3 is 4.57 Å². The number of benzene rings is 4. The maximum absolute atomic E-state index is 4.95. The molecule has 4 aromatic heterocycles. The number of nitrogens with zero attached hydrogens (tertiary/aromatic N) is 4. The molecular weight excluding hydrogens is 517 g/mol. The minimum Gasteiger partial charge on any atom is -0.308 e. The SMILES string of the molecule is c1ccc(-c2cccc(-n3c4cc(-c5nc6ccccc6s5)ccc4c4cccc(-c5nccs5)c43)c2)nc1. The van der Waals surface area contributed by atoms with Crippen LogP contribution in [0.1, 0.15) is 0 Å². The second-order valence-corrected chi connectivity index (χ2v) is 11.3. The van der Waals surface area contributed by atoms with Crippen LogP contribution in [-0.2, 0) is 0 Å². The van der Waals surface area contributed by atoms with Gasteiger partial charge in [-0.15, -0.1) is 22.7 Å². The number of hydrogen-bond acceptors (Lipinski definition) is 5. The molecule has 4 nitrogen and oxygen atoms in total. The van der Waals surface area contributed by atoms with Gasteiger partial charge in [0.2, 0.25) is 0 Å². The topological polar surface area (TPSA) is 43.6 Å². The van der Waals surface area contributed by atoms with Crippen molar-refractivity contribution in [2.45, 2.75) is 0 Å². The zero-order valence-electron chi connectivity index (χ0n) is 20.7. The van der Waals surface area contributed by atoms with Crippen molar-refractivity contribution in [3.8, 4) is 38.1 Å². The van der Waals surface area contributed by atoms with E-state index < -0.39 is 0 Å². The van der Waals surface area contributed by atoms with Crippen LogP contribution in [0.4, 0.5) is 0 Å². The van der Waals surface area contributed by atoms with Crippen LogP contribution in [0.5, 0.6) is 0 Å². The lowest BCUT2D eigenvalue weighted by Crippen LogP contribution is -1.96. The average Bonchev–Trinajstić information content (AvgIpc) is 3.75. The monoisotopic (exact) mass is 536 g/mol.